The van der Waals surface area contributed by atoms with Crippen LogP contribution in [0.3, 0.4) is 0 Å². The topological polar surface area (TPSA) is 75.9 Å². The van der Waals surface area contributed by atoms with Gasteiger partial charge in [-0.3, -0.25) is 5.43 Å². The van der Waals surface area contributed by atoms with Gasteiger partial charge in [-0.2, -0.15) is 18.2 Å². The molecule has 0 radical (unpaired) electrons. The number of halogens is 3. The molecule has 8 heteroatoms. The van der Waals surface area contributed by atoms with Gasteiger partial charge in [-0.1, -0.05) is 13.8 Å². The first-order valence-corrected chi connectivity index (χ1v) is 5.95. The molecule has 0 fully saturated rings. The fourth-order valence-electron chi connectivity index (χ4n) is 1.46. The van der Waals surface area contributed by atoms with Crippen LogP contribution in [-0.2, 0) is 6.18 Å². The number of nitrogens with zero attached hydrogens (tertiary/aromatic N) is 2. The van der Waals surface area contributed by atoms with Crippen molar-refractivity contribution in [3.63, 3.8) is 0 Å². The number of hydrogen-bond donors (Lipinski definition) is 3. The Kier molecular flexibility index (Phi) is 4.56. The van der Waals surface area contributed by atoms with E-state index in [0.717, 1.165) is 18.9 Å². The monoisotopic (exact) mass is 277 g/mol. The van der Waals surface area contributed by atoms with Crippen molar-refractivity contribution in [2.24, 2.45) is 5.84 Å². The van der Waals surface area contributed by atoms with E-state index in [1.54, 1.807) is 0 Å². The second-order valence-electron chi connectivity index (χ2n) is 4.50. The van der Waals surface area contributed by atoms with E-state index in [2.05, 4.69) is 15.3 Å². The third-order valence-electron chi connectivity index (χ3n) is 3.14. The average molecular weight is 277 g/mol. The summed E-state index contributed by atoms with van der Waals surface area (Å²) in [6, 6.07) is 0.879. The Balaban J connectivity index is 3.14. The molecule has 0 amide bonds. The summed E-state index contributed by atoms with van der Waals surface area (Å²) < 4.78 is 38.1. The van der Waals surface area contributed by atoms with Gasteiger partial charge in [0.1, 0.15) is 5.82 Å². The summed E-state index contributed by atoms with van der Waals surface area (Å²) in [6.07, 6.45) is -3.04. The van der Waals surface area contributed by atoms with Crippen molar-refractivity contribution < 1.29 is 13.2 Å². The van der Waals surface area contributed by atoms with E-state index in [9.17, 15) is 13.2 Å². The quantitative estimate of drug-likeness (QED) is 0.570. The molecular formula is C11H18F3N5. The zero-order valence-electron chi connectivity index (χ0n) is 11.1. The van der Waals surface area contributed by atoms with Crippen LogP contribution in [-0.4, -0.2) is 15.5 Å². The lowest BCUT2D eigenvalue weighted by atomic mass is 9.95. The minimum absolute atomic E-state index is 0.0986. The number of alkyl halides is 3. The Bertz CT molecular complexity index is 429. The normalized spacial score (nSPS) is 12.4. The highest BCUT2D eigenvalue weighted by atomic mass is 19.4. The van der Waals surface area contributed by atoms with Crippen molar-refractivity contribution in [1.29, 1.82) is 0 Å². The molecule has 0 bridgehead atoms. The maximum atomic E-state index is 12.7. The van der Waals surface area contributed by atoms with Crippen molar-refractivity contribution in [2.75, 3.05) is 10.7 Å². The van der Waals surface area contributed by atoms with Crippen molar-refractivity contribution in [3.05, 3.63) is 11.8 Å². The zero-order chi connectivity index (χ0) is 14.7. The lowest BCUT2D eigenvalue weighted by molar-refractivity contribution is -0.141. The third-order valence-corrected chi connectivity index (χ3v) is 3.14. The van der Waals surface area contributed by atoms with Crippen LogP contribution in [0.25, 0.3) is 0 Å². The Hall–Kier alpha value is -1.57. The van der Waals surface area contributed by atoms with E-state index in [0.29, 0.717) is 0 Å². The second-order valence-corrected chi connectivity index (χ2v) is 4.50. The summed E-state index contributed by atoms with van der Waals surface area (Å²) >= 11 is 0. The number of nitrogens with one attached hydrogen (secondary N) is 2. The van der Waals surface area contributed by atoms with Crippen molar-refractivity contribution in [1.82, 2.24) is 9.97 Å². The molecule has 19 heavy (non-hydrogen) atoms. The van der Waals surface area contributed by atoms with Gasteiger partial charge in [0.2, 0.25) is 5.95 Å². The molecule has 0 saturated carbocycles. The van der Waals surface area contributed by atoms with E-state index in [1.807, 2.05) is 26.2 Å². The van der Waals surface area contributed by atoms with Crippen LogP contribution < -0.4 is 16.6 Å². The first-order chi connectivity index (χ1) is 8.74. The largest absolute Gasteiger partial charge is 0.433 e. The van der Waals surface area contributed by atoms with E-state index in [4.69, 9.17) is 5.84 Å². The first-order valence-electron chi connectivity index (χ1n) is 5.95. The molecule has 0 aliphatic carbocycles. The summed E-state index contributed by atoms with van der Waals surface area (Å²) in [5.74, 6) is 4.92. The summed E-state index contributed by atoms with van der Waals surface area (Å²) in [7, 11) is 0. The minimum Gasteiger partial charge on any atom is -0.365 e. The van der Waals surface area contributed by atoms with Gasteiger partial charge in [0.15, 0.2) is 5.69 Å². The number of anilines is 2. The summed E-state index contributed by atoms with van der Waals surface area (Å²) in [5, 5.41) is 3.00. The van der Waals surface area contributed by atoms with Crippen molar-refractivity contribution in [2.45, 2.75) is 45.3 Å². The highest BCUT2D eigenvalue weighted by Crippen LogP contribution is 2.30. The Labute approximate surface area is 109 Å². The van der Waals surface area contributed by atoms with Gasteiger partial charge in [0.25, 0.3) is 0 Å². The Morgan fingerprint density at radius 3 is 2.21 bits per heavy atom. The van der Waals surface area contributed by atoms with Gasteiger partial charge in [-0.15, -0.1) is 0 Å². The molecule has 1 rings (SSSR count). The fraction of sp³-hybridized carbons (Fsp3) is 0.636. The predicted molar refractivity (Wildman–Crippen MR) is 67.5 cm³/mol. The summed E-state index contributed by atoms with van der Waals surface area (Å²) in [6.45, 7) is 5.81. The molecule has 1 aromatic rings. The molecule has 0 aliphatic rings. The van der Waals surface area contributed by atoms with Crippen LogP contribution >= 0.6 is 0 Å². The Morgan fingerprint density at radius 2 is 1.79 bits per heavy atom. The van der Waals surface area contributed by atoms with Crippen molar-refractivity contribution >= 4 is 11.8 Å². The third kappa shape index (κ3) is 3.95. The number of nitrogen functional groups attached to an aromatic ring is 1. The highest BCUT2D eigenvalue weighted by molar-refractivity contribution is 5.44. The molecular weight excluding hydrogens is 259 g/mol. The number of hydrazine groups is 1. The molecule has 0 aromatic carbocycles. The smallest absolute Gasteiger partial charge is 0.365 e. The zero-order valence-corrected chi connectivity index (χ0v) is 11.1. The molecule has 4 N–H and O–H groups in total. The standard InChI is InChI=1S/C11H18F3N5/c1-4-10(3,5-2)18-8-6-7(11(12,13)14)16-9(17-8)19-15/h6H,4-5,15H2,1-3H3,(H2,16,17,18,19). The van der Waals surface area contributed by atoms with E-state index >= 15 is 0 Å². The lowest BCUT2D eigenvalue weighted by Gasteiger charge is -2.29. The molecule has 1 aromatic heterocycles. The minimum atomic E-state index is -4.54. The number of aromatic nitrogens is 2. The molecule has 5 nitrogen and oxygen atoms in total. The van der Waals surface area contributed by atoms with Gasteiger partial charge < -0.3 is 5.32 Å². The van der Waals surface area contributed by atoms with Crippen LogP contribution in [0.5, 0.6) is 0 Å². The fourth-order valence-corrected chi connectivity index (χ4v) is 1.46. The maximum Gasteiger partial charge on any atom is 0.433 e. The summed E-state index contributed by atoms with van der Waals surface area (Å²) in [4.78, 5) is 7.18. The second kappa shape index (κ2) is 5.60. The van der Waals surface area contributed by atoms with Gasteiger partial charge in [-0.05, 0) is 19.8 Å². The lowest BCUT2D eigenvalue weighted by Crippen LogP contribution is -2.33. The molecule has 1 heterocycles. The SMILES string of the molecule is CCC(C)(CC)Nc1cc(C(F)(F)F)nc(NN)n1. The van der Waals surface area contributed by atoms with Gasteiger partial charge >= 0.3 is 6.18 Å². The molecule has 0 atom stereocenters. The molecule has 0 aliphatic heterocycles. The molecule has 0 spiro atoms. The van der Waals surface area contributed by atoms with Gasteiger partial charge in [0, 0.05) is 11.6 Å². The number of rotatable bonds is 5. The van der Waals surface area contributed by atoms with Crippen LogP contribution in [0.2, 0.25) is 0 Å². The highest BCUT2D eigenvalue weighted by Gasteiger charge is 2.34. The number of hydrogen-bond acceptors (Lipinski definition) is 5. The maximum absolute atomic E-state index is 12.7. The molecule has 0 saturated heterocycles. The van der Waals surface area contributed by atoms with Crippen LogP contribution in [0.4, 0.5) is 24.9 Å². The molecule has 0 unspecified atom stereocenters. The van der Waals surface area contributed by atoms with E-state index in [-0.39, 0.29) is 17.3 Å². The van der Waals surface area contributed by atoms with Crippen molar-refractivity contribution in [3.8, 4) is 0 Å². The van der Waals surface area contributed by atoms with Gasteiger partial charge in [0.05, 0.1) is 0 Å². The Morgan fingerprint density at radius 1 is 1.21 bits per heavy atom. The van der Waals surface area contributed by atoms with E-state index in [1.165, 1.54) is 0 Å². The van der Waals surface area contributed by atoms with E-state index < -0.39 is 11.9 Å². The summed E-state index contributed by atoms with van der Waals surface area (Å²) in [5.41, 5.74) is 0.674. The van der Waals surface area contributed by atoms with Crippen LogP contribution in [0.1, 0.15) is 39.3 Å². The van der Waals surface area contributed by atoms with Crippen LogP contribution in [0.15, 0.2) is 6.07 Å². The first kappa shape index (κ1) is 15.5. The number of nitrogens with two attached hydrogens (primary N) is 1. The molecule has 108 valence electrons. The van der Waals surface area contributed by atoms with Gasteiger partial charge in [-0.25, -0.2) is 10.8 Å². The van der Waals surface area contributed by atoms with Crippen LogP contribution in [0, 0.1) is 0 Å². The average Bonchev–Trinajstić information content (AvgIpc) is 2.37. The predicted octanol–water partition coefficient (Wildman–Crippen LogP) is 2.77.